The quantitative estimate of drug-likeness (QED) is 0.743. The van der Waals surface area contributed by atoms with Crippen LogP contribution < -0.4 is 5.56 Å². The molecule has 1 unspecified atom stereocenters. The average Bonchev–Trinajstić information content (AvgIpc) is 2.59. The molecule has 0 fully saturated rings. The standard InChI is InChI=1S/C19H21N3O/c1-14(17-9-6-7-11-20-17)21(2)13-16-12-15-8-4-5-10-18(15)22(3)19(16)23/h4-12,14H,13H2,1-3H3. The lowest BCUT2D eigenvalue weighted by Crippen LogP contribution is -2.29. The Kier molecular flexibility index (Phi) is 4.26. The number of nitrogens with zero attached hydrogens (tertiary/aromatic N) is 3. The summed E-state index contributed by atoms with van der Waals surface area (Å²) < 4.78 is 1.73. The van der Waals surface area contributed by atoms with E-state index in [2.05, 4.69) is 16.8 Å². The van der Waals surface area contributed by atoms with E-state index in [0.717, 1.165) is 22.2 Å². The summed E-state index contributed by atoms with van der Waals surface area (Å²) >= 11 is 0. The Bertz CT molecular complexity index is 871. The van der Waals surface area contributed by atoms with Crippen molar-refractivity contribution in [1.29, 1.82) is 0 Å². The van der Waals surface area contributed by atoms with E-state index < -0.39 is 0 Å². The van der Waals surface area contributed by atoms with Crippen molar-refractivity contribution < 1.29 is 0 Å². The van der Waals surface area contributed by atoms with Gasteiger partial charge in [0.1, 0.15) is 0 Å². The van der Waals surface area contributed by atoms with Crippen molar-refractivity contribution in [2.75, 3.05) is 7.05 Å². The van der Waals surface area contributed by atoms with Crippen molar-refractivity contribution in [1.82, 2.24) is 14.5 Å². The predicted octanol–water partition coefficient (Wildman–Crippen LogP) is 3.13. The fourth-order valence-corrected chi connectivity index (χ4v) is 2.86. The molecule has 3 aromatic rings. The minimum absolute atomic E-state index is 0.0590. The second-order valence-electron chi connectivity index (χ2n) is 5.94. The van der Waals surface area contributed by atoms with Crippen molar-refractivity contribution in [2.24, 2.45) is 7.05 Å². The van der Waals surface area contributed by atoms with Gasteiger partial charge in [-0.25, -0.2) is 0 Å². The van der Waals surface area contributed by atoms with Crippen LogP contribution in [-0.4, -0.2) is 21.5 Å². The summed E-state index contributed by atoms with van der Waals surface area (Å²) in [6.07, 6.45) is 1.80. The molecule has 0 saturated carbocycles. The summed E-state index contributed by atoms with van der Waals surface area (Å²) in [7, 11) is 3.85. The molecule has 0 radical (unpaired) electrons. The van der Waals surface area contributed by atoms with Crippen LogP contribution in [0.25, 0.3) is 10.9 Å². The van der Waals surface area contributed by atoms with E-state index in [1.807, 2.05) is 62.6 Å². The summed E-state index contributed by atoms with van der Waals surface area (Å²) in [4.78, 5) is 19.2. The van der Waals surface area contributed by atoms with Crippen LogP contribution in [0.2, 0.25) is 0 Å². The van der Waals surface area contributed by atoms with Gasteiger partial charge >= 0.3 is 0 Å². The second-order valence-corrected chi connectivity index (χ2v) is 5.94. The normalized spacial score (nSPS) is 12.7. The number of rotatable bonds is 4. The molecule has 0 spiro atoms. The summed E-state index contributed by atoms with van der Waals surface area (Å²) in [5.74, 6) is 0. The van der Waals surface area contributed by atoms with Crippen LogP contribution in [0.1, 0.15) is 24.2 Å². The van der Waals surface area contributed by atoms with Gasteiger partial charge in [0.2, 0.25) is 0 Å². The van der Waals surface area contributed by atoms with Gasteiger partial charge in [0.15, 0.2) is 0 Å². The van der Waals surface area contributed by atoms with Gasteiger partial charge in [0.05, 0.1) is 11.2 Å². The summed E-state index contributed by atoms with van der Waals surface area (Å²) in [6, 6.07) is 16.0. The number of benzene rings is 1. The molecule has 2 heterocycles. The van der Waals surface area contributed by atoms with Crippen LogP contribution in [-0.2, 0) is 13.6 Å². The van der Waals surface area contributed by atoms with Crippen molar-refractivity contribution in [2.45, 2.75) is 19.5 Å². The largest absolute Gasteiger partial charge is 0.311 e. The molecule has 0 aliphatic heterocycles. The number of hydrogen-bond acceptors (Lipinski definition) is 3. The first-order chi connectivity index (χ1) is 11.1. The molecule has 2 aromatic heterocycles. The van der Waals surface area contributed by atoms with Gasteiger partial charge in [-0.3, -0.25) is 14.7 Å². The molecular weight excluding hydrogens is 286 g/mol. The lowest BCUT2D eigenvalue weighted by molar-refractivity contribution is 0.247. The molecule has 4 nitrogen and oxygen atoms in total. The fourth-order valence-electron chi connectivity index (χ4n) is 2.86. The summed E-state index contributed by atoms with van der Waals surface area (Å²) in [5.41, 5.74) is 2.83. The molecule has 118 valence electrons. The fraction of sp³-hybridized carbons (Fsp3) is 0.263. The first-order valence-electron chi connectivity index (χ1n) is 7.76. The van der Waals surface area contributed by atoms with Crippen molar-refractivity contribution >= 4 is 10.9 Å². The molecule has 0 aliphatic carbocycles. The molecule has 1 atom stereocenters. The third-order valence-corrected chi connectivity index (χ3v) is 4.40. The van der Waals surface area contributed by atoms with Gasteiger partial charge < -0.3 is 4.57 Å². The van der Waals surface area contributed by atoms with E-state index in [1.165, 1.54) is 0 Å². The number of pyridine rings is 2. The topological polar surface area (TPSA) is 38.1 Å². The molecular formula is C19H21N3O. The Labute approximate surface area is 136 Å². The smallest absolute Gasteiger partial charge is 0.255 e. The second kappa shape index (κ2) is 6.34. The number of aryl methyl sites for hydroxylation is 1. The Morgan fingerprint density at radius 2 is 1.91 bits per heavy atom. The van der Waals surface area contributed by atoms with Crippen molar-refractivity contribution in [3.05, 3.63) is 76.3 Å². The minimum Gasteiger partial charge on any atom is -0.311 e. The maximum Gasteiger partial charge on any atom is 0.255 e. The van der Waals surface area contributed by atoms with Crippen molar-refractivity contribution in [3.8, 4) is 0 Å². The van der Waals surface area contributed by atoms with Gasteiger partial charge in [-0.2, -0.15) is 0 Å². The predicted molar refractivity (Wildman–Crippen MR) is 93.3 cm³/mol. The van der Waals surface area contributed by atoms with Crippen LogP contribution in [0.3, 0.4) is 0 Å². The Morgan fingerprint density at radius 1 is 1.17 bits per heavy atom. The zero-order valence-corrected chi connectivity index (χ0v) is 13.7. The van der Waals surface area contributed by atoms with Crippen LogP contribution in [0.5, 0.6) is 0 Å². The SMILES string of the molecule is CC(c1ccccn1)N(C)Cc1cc2ccccc2n(C)c1=O. The van der Waals surface area contributed by atoms with E-state index in [1.54, 1.807) is 10.8 Å². The monoisotopic (exact) mass is 307 g/mol. The highest BCUT2D eigenvalue weighted by Crippen LogP contribution is 2.19. The van der Waals surface area contributed by atoms with E-state index in [-0.39, 0.29) is 11.6 Å². The van der Waals surface area contributed by atoms with Crippen LogP contribution in [0, 0.1) is 0 Å². The maximum atomic E-state index is 12.6. The third-order valence-electron chi connectivity index (χ3n) is 4.40. The van der Waals surface area contributed by atoms with Crippen LogP contribution in [0.4, 0.5) is 0 Å². The zero-order chi connectivity index (χ0) is 16.4. The van der Waals surface area contributed by atoms with Gasteiger partial charge in [-0.15, -0.1) is 0 Å². The van der Waals surface area contributed by atoms with E-state index >= 15 is 0 Å². The number of hydrogen-bond donors (Lipinski definition) is 0. The van der Waals surface area contributed by atoms with Crippen LogP contribution >= 0.6 is 0 Å². The van der Waals surface area contributed by atoms with Crippen molar-refractivity contribution in [3.63, 3.8) is 0 Å². The lowest BCUT2D eigenvalue weighted by atomic mass is 10.1. The molecule has 1 aromatic carbocycles. The maximum absolute atomic E-state index is 12.6. The number of aromatic nitrogens is 2. The molecule has 0 aliphatic rings. The first-order valence-corrected chi connectivity index (χ1v) is 7.76. The lowest BCUT2D eigenvalue weighted by Gasteiger charge is -2.24. The van der Waals surface area contributed by atoms with Crippen LogP contribution in [0.15, 0.2) is 59.5 Å². The minimum atomic E-state index is 0.0590. The van der Waals surface area contributed by atoms with E-state index in [9.17, 15) is 4.79 Å². The van der Waals surface area contributed by atoms with E-state index in [4.69, 9.17) is 0 Å². The molecule has 4 heteroatoms. The first kappa shape index (κ1) is 15.4. The highest BCUT2D eigenvalue weighted by Gasteiger charge is 2.15. The Balaban J connectivity index is 1.92. The Morgan fingerprint density at radius 3 is 2.65 bits per heavy atom. The molecule has 0 amide bonds. The summed E-state index contributed by atoms with van der Waals surface area (Å²) in [5, 5.41) is 1.09. The molecule has 0 N–H and O–H groups in total. The Hall–Kier alpha value is -2.46. The molecule has 23 heavy (non-hydrogen) atoms. The highest BCUT2D eigenvalue weighted by atomic mass is 16.1. The highest BCUT2D eigenvalue weighted by molar-refractivity contribution is 5.79. The molecule has 0 bridgehead atoms. The molecule has 0 saturated heterocycles. The number of para-hydroxylation sites is 1. The third kappa shape index (κ3) is 3.03. The summed E-state index contributed by atoms with van der Waals surface area (Å²) in [6.45, 7) is 2.70. The average molecular weight is 307 g/mol. The van der Waals surface area contributed by atoms with E-state index in [0.29, 0.717) is 6.54 Å². The molecule has 3 rings (SSSR count). The van der Waals surface area contributed by atoms with Gasteiger partial charge in [-0.1, -0.05) is 24.3 Å². The van der Waals surface area contributed by atoms with Gasteiger partial charge in [0, 0.05) is 31.4 Å². The number of fused-ring (bicyclic) bond motifs is 1. The van der Waals surface area contributed by atoms with Gasteiger partial charge in [-0.05, 0) is 43.6 Å². The zero-order valence-electron chi connectivity index (χ0n) is 13.7. The van der Waals surface area contributed by atoms with Gasteiger partial charge in [0.25, 0.3) is 5.56 Å².